The summed E-state index contributed by atoms with van der Waals surface area (Å²) in [5.74, 6) is -0.974. The first-order valence-corrected chi connectivity index (χ1v) is 8.31. The van der Waals surface area contributed by atoms with Crippen LogP contribution < -0.4 is 25.1 Å². The van der Waals surface area contributed by atoms with Crippen molar-refractivity contribution >= 4 is 29.5 Å². The van der Waals surface area contributed by atoms with E-state index in [4.69, 9.17) is 25.8 Å². The fourth-order valence-corrected chi connectivity index (χ4v) is 2.50. The number of amides is 2. The van der Waals surface area contributed by atoms with Crippen molar-refractivity contribution in [2.45, 2.75) is 0 Å². The van der Waals surface area contributed by atoms with Crippen LogP contribution in [0.15, 0.2) is 36.4 Å². The van der Waals surface area contributed by atoms with Gasteiger partial charge in [0.2, 0.25) is 5.75 Å². The monoisotopic (exact) mass is 408 g/mol. The molecular weight excluding hydrogens is 391 g/mol. The molecule has 0 radical (unpaired) electrons. The van der Waals surface area contributed by atoms with Gasteiger partial charge >= 0.3 is 0 Å². The van der Waals surface area contributed by atoms with Gasteiger partial charge in [-0.05, 0) is 30.3 Å². The van der Waals surface area contributed by atoms with E-state index < -0.39 is 17.6 Å². The lowest BCUT2D eigenvalue weighted by molar-refractivity contribution is -0.117. The van der Waals surface area contributed by atoms with Gasteiger partial charge in [-0.25, -0.2) is 4.39 Å². The average molecular weight is 409 g/mol. The Balaban J connectivity index is 2.07. The quantitative estimate of drug-likeness (QED) is 0.567. The van der Waals surface area contributed by atoms with Crippen molar-refractivity contribution < 1.29 is 28.2 Å². The SMILES string of the molecule is COc1cc(C(=O)NNC(=O)/C=C/c2c(F)cccc2Cl)cc(OC)c1OC. The van der Waals surface area contributed by atoms with Crippen molar-refractivity contribution in [2.24, 2.45) is 0 Å². The molecule has 0 aliphatic carbocycles. The van der Waals surface area contributed by atoms with Crippen LogP contribution in [0.5, 0.6) is 17.2 Å². The zero-order valence-electron chi connectivity index (χ0n) is 15.3. The summed E-state index contributed by atoms with van der Waals surface area (Å²) in [6, 6.07) is 7.02. The van der Waals surface area contributed by atoms with Gasteiger partial charge in [-0.1, -0.05) is 17.7 Å². The summed E-state index contributed by atoms with van der Waals surface area (Å²) in [5.41, 5.74) is 4.65. The van der Waals surface area contributed by atoms with Crippen LogP contribution in [0.25, 0.3) is 6.08 Å². The minimum Gasteiger partial charge on any atom is -0.493 e. The zero-order chi connectivity index (χ0) is 20.7. The number of hydrazine groups is 1. The summed E-state index contributed by atoms with van der Waals surface area (Å²) in [5, 5.41) is 0.158. The van der Waals surface area contributed by atoms with E-state index in [-0.39, 0.29) is 27.6 Å². The van der Waals surface area contributed by atoms with Gasteiger partial charge in [-0.15, -0.1) is 0 Å². The van der Waals surface area contributed by atoms with Gasteiger partial charge in [0.15, 0.2) is 11.5 Å². The lowest BCUT2D eigenvalue weighted by Gasteiger charge is -2.14. The molecule has 28 heavy (non-hydrogen) atoms. The maximum Gasteiger partial charge on any atom is 0.269 e. The topological polar surface area (TPSA) is 85.9 Å². The Morgan fingerprint density at radius 2 is 1.68 bits per heavy atom. The van der Waals surface area contributed by atoms with Crippen molar-refractivity contribution in [1.29, 1.82) is 0 Å². The van der Waals surface area contributed by atoms with Crippen LogP contribution in [-0.4, -0.2) is 33.1 Å². The van der Waals surface area contributed by atoms with Crippen LogP contribution in [-0.2, 0) is 4.79 Å². The third-order valence-corrected chi connectivity index (χ3v) is 3.96. The first-order valence-electron chi connectivity index (χ1n) is 7.93. The molecule has 0 aliphatic rings. The van der Waals surface area contributed by atoms with Crippen LogP contribution in [0.2, 0.25) is 5.02 Å². The summed E-state index contributed by atoms with van der Waals surface area (Å²) >= 11 is 5.88. The first-order chi connectivity index (χ1) is 13.4. The van der Waals surface area contributed by atoms with Gasteiger partial charge in [0.1, 0.15) is 5.82 Å². The second-order valence-corrected chi connectivity index (χ2v) is 5.73. The Kier molecular flexibility index (Phi) is 7.22. The number of hydrogen-bond acceptors (Lipinski definition) is 5. The maximum absolute atomic E-state index is 13.7. The number of methoxy groups -OCH3 is 3. The minimum atomic E-state index is -0.680. The Hall–Kier alpha value is -3.26. The Morgan fingerprint density at radius 3 is 2.21 bits per heavy atom. The van der Waals surface area contributed by atoms with E-state index in [2.05, 4.69) is 10.9 Å². The smallest absolute Gasteiger partial charge is 0.269 e. The van der Waals surface area contributed by atoms with Crippen molar-refractivity contribution in [3.63, 3.8) is 0 Å². The summed E-state index contributed by atoms with van der Waals surface area (Å²) in [6.07, 6.45) is 2.25. The van der Waals surface area contributed by atoms with Crippen molar-refractivity contribution in [1.82, 2.24) is 10.9 Å². The Labute approximate surface area is 166 Å². The van der Waals surface area contributed by atoms with Crippen LogP contribution in [0.1, 0.15) is 15.9 Å². The van der Waals surface area contributed by atoms with Crippen molar-refractivity contribution in [3.05, 3.63) is 58.4 Å². The van der Waals surface area contributed by atoms with Crippen LogP contribution in [0, 0.1) is 5.82 Å². The molecule has 7 nitrogen and oxygen atoms in total. The molecule has 0 aromatic heterocycles. The van der Waals surface area contributed by atoms with Gasteiger partial charge in [-0.2, -0.15) is 0 Å². The van der Waals surface area contributed by atoms with Gasteiger partial charge in [-0.3, -0.25) is 20.4 Å². The standard InChI is InChI=1S/C19H18ClFN2O5/c1-26-15-9-11(10-16(27-2)18(15)28-3)19(25)23-22-17(24)8-7-12-13(20)5-4-6-14(12)21/h4-10H,1-3H3,(H,22,24)(H,23,25)/b8-7+. The van der Waals surface area contributed by atoms with Gasteiger partial charge in [0.25, 0.3) is 11.8 Å². The summed E-state index contributed by atoms with van der Waals surface area (Å²) < 4.78 is 29.2. The molecule has 9 heteroatoms. The highest BCUT2D eigenvalue weighted by molar-refractivity contribution is 6.32. The highest BCUT2D eigenvalue weighted by atomic mass is 35.5. The highest BCUT2D eigenvalue weighted by Crippen LogP contribution is 2.38. The Morgan fingerprint density at radius 1 is 1.04 bits per heavy atom. The number of rotatable bonds is 6. The lowest BCUT2D eigenvalue weighted by atomic mass is 10.1. The molecule has 2 aromatic rings. The molecule has 0 fully saturated rings. The minimum absolute atomic E-state index is 0.0651. The number of ether oxygens (including phenoxy) is 3. The molecule has 148 valence electrons. The van der Waals surface area contributed by atoms with Crippen LogP contribution >= 0.6 is 11.6 Å². The second-order valence-electron chi connectivity index (χ2n) is 5.33. The van der Waals surface area contributed by atoms with Gasteiger partial charge in [0, 0.05) is 17.2 Å². The van der Waals surface area contributed by atoms with E-state index in [1.54, 1.807) is 0 Å². The largest absolute Gasteiger partial charge is 0.493 e. The van der Waals surface area contributed by atoms with Crippen LogP contribution in [0.4, 0.5) is 4.39 Å². The Bertz CT molecular complexity index is 872. The number of nitrogens with one attached hydrogen (secondary N) is 2. The van der Waals surface area contributed by atoms with E-state index in [0.717, 1.165) is 6.08 Å². The molecule has 0 heterocycles. The number of halogens is 2. The molecular formula is C19H18ClFN2O5. The molecule has 2 rings (SSSR count). The first kappa shape index (κ1) is 21.0. The van der Waals surface area contributed by atoms with E-state index in [1.807, 2.05) is 0 Å². The third kappa shape index (κ3) is 4.92. The van der Waals surface area contributed by atoms with E-state index in [9.17, 15) is 14.0 Å². The molecule has 0 saturated carbocycles. The number of carbonyl (C=O) groups excluding carboxylic acids is 2. The molecule has 0 spiro atoms. The molecule has 2 N–H and O–H groups in total. The number of hydrogen-bond donors (Lipinski definition) is 2. The lowest BCUT2D eigenvalue weighted by Crippen LogP contribution is -2.40. The van der Waals surface area contributed by atoms with E-state index in [1.165, 1.54) is 57.7 Å². The maximum atomic E-state index is 13.7. The molecule has 2 amide bonds. The summed E-state index contributed by atoms with van der Waals surface area (Å²) in [7, 11) is 4.27. The molecule has 0 unspecified atom stereocenters. The summed E-state index contributed by atoms with van der Waals surface area (Å²) in [4.78, 5) is 24.2. The fourth-order valence-electron chi connectivity index (χ4n) is 2.27. The predicted octanol–water partition coefficient (Wildman–Crippen LogP) is 2.98. The number of carbonyl (C=O) groups is 2. The molecule has 0 saturated heterocycles. The van der Waals surface area contributed by atoms with E-state index >= 15 is 0 Å². The predicted molar refractivity (Wildman–Crippen MR) is 102 cm³/mol. The average Bonchev–Trinajstić information content (AvgIpc) is 2.70. The molecule has 2 aromatic carbocycles. The third-order valence-electron chi connectivity index (χ3n) is 3.63. The van der Waals surface area contributed by atoms with Crippen LogP contribution in [0.3, 0.4) is 0 Å². The number of benzene rings is 2. The molecule has 0 atom stereocenters. The van der Waals surface area contributed by atoms with Gasteiger partial charge in [0.05, 0.1) is 26.4 Å². The molecule has 0 aliphatic heterocycles. The zero-order valence-corrected chi connectivity index (χ0v) is 16.1. The van der Waals surface area contributed by atoms with Gasteiger partial charge < -0.3 is 14.2 Å². The van der Waals surface area contributed by atoms with Crippen molar-refractivity contribution in [3.8, 4) is 17.2 Å². The van der Waals surface area contributed by atoms with E-state index in [0.29, 0.717) is 5.75 Å². The second kappa shape index (κ2) is 9.61. The normalized spacial score (nSPS) is 10.5. The molecule has 0 bridgehead atoms. The summed E-state index contributed by atoms with van der Waals surface area (Å²) in [6.45, 7) is 0. The van der Waals surface area contributed by atoms with Crippen molar-refractivity contribution in [2.75, 3.05) is 21.3 Å². The highest BCUT2D eigenvalue weighted by Gasteiger charge is 2.17. The fraction of sp³-hybridized carbons (Fsp3) is 0.158.